The van der Waals surface area contributed by atoms with Crippen molar-refractivity contribution in [1.82, 2.24) is 4.90 Å². The topological polar surface area (TPSA) is 24.8 Å². The molecule has 1 aromatic rings. The van der Waals surface area contributed by atoms with Crippen LogP contribution in [-0.2, 0) is 0 Å². The number of hydrogen-bond donors (Lipinski definition) is 0. The maximum Gasteiger partial charge on any atom is 0.229 e. The van der Waals surface area contributed by atoms with E-state index in [-0.39, 0.29) is 0 Å². The molecule has 0 spiro atoms. The van der Waals surface area contributed by atoms with E-state index in [9.17, 15) is 0 Å². The molecule has 0 unspecified atom stereocenters. The third kappa shape index (κ3) is 3.59. The largest absolute Gasteiger partial charge is 0.546 e. The molecule has 0 aromatic heterocycles. The molecule has 0 radical (unpaired) electrons. The van der Waals surface area contributed by atoms with Gasteiger partial charge < -0.3 is 9.33 Å². The van der Waals surface area contributed by atoms with Gasteiger partial charge in [0, 0.05) is 13.1 Å². The summed E-state index contributed by atoms with van der Waals surface area (Å²) in [5, 5.41) is 0. The van der Waals surface area contributed by atoms with Crippen molar-refractivity contribution in [2.45, 2.75) is 39.8 Å². The Morgan fingerprint density at radius 3 is 2.58 bits per heavy atom. The Hall–Kier alpha value is -1.29. The molecule has 104 valence electrons. The molecule has 0 atom stereocenters. The van der Waals surface area contributed by atoms with Gasteiger partial charge in [0.15, 0.2) is 0 Å². The van der Waals surface area contributed by atoms with Crippen molar-refractivity contribution in [3.8, 4) is 5.75 Å². The Labute approximate surface area is 118 Å². The van der Waals surface area contributed by atoms with Crippen molar-refractivity contribution in [3.63, 3.8) is 0 Å². The fraction of sp³-hybridized carbons (Fsp3) is 0.533. The first-order valence-corrected chi connectivity index (χ1v) is 9.92. The molecule has 0 bridgehead atoms. The van der Waals surface area contributed by atoms with Crippen LogP contribution in [0.25, 0.3) is 0 Å². The molecule has 0 saturated carbocycles. The Kier molecular flexibility index (Phi) is 4.64. The van der Waals surface area contributed by atoms with Crippen molar-refractivity contribution >= 4 is 20.6 Å². The second-order valence-electron chi connectivity index (χ2n) is 5.44. The summed E-state index contributed by atoms with van der Waals surface area (Å²) >= 11 is 0. The lowest BCUT2D eigenvalue weighted by Gasteiger charge is -2.19. The number of amidine groups is 1. The number of aryl methyl sites for hydroxylation is 1. The number of hydrogen-bond acceptors (Lipinski definition) is 2. The molecule has 1 aromatic carbocycles. The van der Waals surface area contributed by atoms with Gasteiger partial charge in [0.25, 0.3) is 0 Å². The summed E-state index contributed by atoms with van der Waals surface area (Å²) in [5.74, 6) is 2.06. The van der Waals surface area contributed by atoms with E-state index in [1.807, 2.05) is 12.1 Å². The SMILES string of the molecule is CC(=Nc1c(C)cccc1O[SiH](C)C)N1CCCC1. The highest BCUT2D eigenvalue weighted by molar-refractivity contribution is 6.49. The molecular weight excluding hydrogens is 252 g/mol. The summed E-state index contributed by atoms with van der Waals surface area (Å²) in [6.45, 7) is 10.8. The van der Waals surface area contributed by atoms with Crippen LogP contribution in [0.3, 0.4) is 0 Å². The van der Waals surface area contributed by atoms with Crippen LogP contribution >= 0.6 is 0 Å². The van der Waals surface area contributed by atoms with Gasteiger partial charge in [-0.25, -0.2) is 4.99 Å². The summed E-state index contributed by atoms with van der Waals surface area (Å²) in [7, 11) is -1.10. The lowest BCUT2D eigenvalue weighted by molar-refractivity contribution is 0.516. The molecule has 1 saturated heterocycles. The van der Waals surface area contributed by atoms with Gasteiger partial charge in [0.1, 0.15) is 17.3 Å². The quantitative estimate of drug-likeness (QED) is 0.479. The monoisotopic (exact) mass is 276 g/mol. The zero-order chi connectivity index (χ0) is 13.8. The minimum Gasteiger partial charge on any atom is -0.546 e. The molecule has 0 amide bonds. The highest BCUT2D eigenvalue weighted by Crippen LogP contribution is 2.32. The van der Waals surface area contributed by atoms with Crippen LogP contribution in [0.15, 0.2) is 23.2 Å². The summed E-state index contributed by atoms with van der Waals surface area (Å²) in [5.41, 5.74) is 2.19. The number of benzene rings is 1. The highest BCUT2D eigenvalue weighted by Gasteiger charge is 2.14. The third-order valence-electron chi connectivity index (χ3n) is 3.40. The van der Waals surface area contributed by atoms with Gasteiger partial charge in [0.2, 0.25) is 9.04 Å². The highest BCUT2D eigenvalue weighted by atomic mass is 28.3. The van der Waals surface area contributed by atoms with Crippen molar-refractivity contribution in [2.75, 3.05) is 13.1 Å². The minimum absolute atomic E-state index is 0.945. The number of rotatable bonds is 3. The Morgan fingerprint density at radius 1 is 1.26 bits per heavy atom. The zero-order valence-corrected chi connectivity index (χ0v) is 13.6. The summed E-state index contributed by atoms with van der Waals surface area (Å²) in [4.78, 5) is 7.20. The first-order valence-electron chi connectivity index (χ1n) is 7.14. The van der Waals surface area contributed by atoms with Crippen molar-refractivity contribution in [2.24, 2.45) is 4.99 Å². The lowest BCUT2D eigenvalue weighted by Crippen LogP contribution is -2.24. The van der Waals surface area contributed by atoms with Crippen LogP contribution in [0.5, 0.6) is 5.75 Å². The second kappa shape index (κ2) is 6.24. The first-order chi connectivity index (χ1) is 9.08. The molecule has 1 aliphatic rings. The zero-order valence-electron chi connectivity index (χ0n) is 12.4. The number of nitrogens with zero attached hydrogens (tertiary/aromatic N) is 2. The van der Waals surface area contributed by atoms with Crippen molar-refractivity contribution in [1.29, 1.82) is 0 Å². The van der Waals surface area contributed by atoms with E-state index in [0.717, 1.165) is 30.4 Å². The van der Waals surface area contributed by atoms with Gasteiger partial charge in [-0.3, -0.25) is 0 Å². The fourth-order valence-electron chi connectivity index (χ4n) is 2.40. The van der Waals surface area contributed by atoms with Gasteiger partial charge >= 0.3 is 0 Å². The molecular formula is C15H24N2OSi. The van der Waals surface area contributed by atoms with Crippen LogP contribution in [0, 0.1) is 6.92 Å². The fourth-order valence-corrected chi connectivity index (χ4v) is 3.10. The summed E-state index contributed by atoms with van der Waals surface area (Å²) in [6, 6.07) is 6.19. The van der Waals surface area contributed by atoms with Gasteiger partial charge in [-0.2, -0.15) is 0 Å². The Morgan fingerprint density at radius 2 is 1.95 bits per heavy atom. The normalized spacial score (nSPS) is 16.3. The van der Waals surface area contributed by atoms with E-state index in [0.29, 0.717) is 0 Å². The molecule has 3 nitrogen and oxygen atoms in total. The van der Waals surface area contributed by atoms with Crippen LogP contribution in [0.4, 0.5) is 5.69 Å². The minimum atomic E-state index is -1.10. The van der Waals surface area contributed by atoms with Crippen LogP contribution in [-0.4, -0.2) is 32.9 Å². The van der Waals surface area contributed by atoms with Crippen LogP contribution in [0.1, 0.15) is 25.3 Å². The average molecular weight is 276 g/mol. The second-order valence-corrected chi connectivity index (χ2v) is 7.77. The summed E-state index contributed by atoms with van der Waals surface area (Å²) < 4.78 is 6.00. The Bertz CT molecular complexity index is 465. The van der Waals surface area contributed by atoms with Gasteiger partial charge in [0.05, 0.1) is 0 Å². The van der Waals surface area contributed by atoms with E-state index in [2.05, 4.69) is 37.9 Å². The smallest absolute Gasteiger partial charge is 0.229 e. The molecule has 1 fully saturated rings. The van der Waals surface area contributed by atoms with Crippen LogP contribution < -0.4 is 4.43 Å². The average Bonchev–Trinajstić information content (AvgIpc) is 2.86. The van der Waals surface area contributed by atoms with Gasteiger partial charge in [-0.15, -0.1) is 0 Å². The molecule has 1 aliphatic heterocycles. The van der Waals surface area contributed by atoms with Crippen LogP contribution in [0.2, 0.25) is 13.1 Å². The number of para-hydroxylation sites is 1. The predicted molar refractivity (Wildman–Crippen MR) is 84.3 cm³/mol. The molecule has 19 heavy (non-hydrogen) atoms. The number of aliphatic imine (C=N–C) groups is 1. The number of likely N-dealkylation sites (tertiary alicyclic amines) is 1. The maximum absolute atomic E-state index is 6.00. The van der Waals surface area contributed by atoms with Crippen molar-refractivity contribution < 1.29 is 4.43 Å². The Balaban J connectivity index is 2.29. The summed E-state index contributed by atoms with van der Waals surface area (Å²) in [6.07, 6.45) is 2.56. The van der Waals surface area contributed by atoms with Gasteiger partial charge in [-0.1, -0.05) is 12.1 Å². The standard InChI is InChI=1S/C15H24N2OSi/c1-12-8-7-9-14(18-19(3)4)15(12)16-13(2)17-10-5-6-11-17/h7-9,19H,5-6,10-11H2,1-4H3. The first kappa shape index (κ1) is 14.1. The lowest BCUT2D eigenvalue weighted by atomic mass is 10.2. The molecule has 0 aliphatic carbocycles. The van der Waals surface area contributed by atoms with Gasteiger partial charge in [-0.05, 0) is 51.4 Å². The van der Waals surface area contributed by atoms with E-state index in [4.69, 9.17) is 9.42 Å². The maximum atomic E-state index is 6.00. The van der Waals surface area contributed by atoms with E-state index in [1.165, 1.54) is 18.4 Å². The van der Waals surface area contributed by atoms with E-state index in [1.54, 1.807) is 0 Å². The van der Waals surface area contributed by atoms with E-state index >= 15 is 0 Å². The molecule has 0 N–H and O–H groups in total. The molecule has 4 heteroatoms. The predicted octanol–water partition coefficient (Wildman–Crippen LogP) is 3.50. The third-order valence-corrected chi connectivity index (χ3v) is 4.13. The van der Waals surface area contributed by atoms with Crippen molar-refractivity contribution in [3.05, 3.63) is 23.8 Å². The molecule has 1 heterocycles. The molecule has 2 rings (SSSR count). The van der Waals surface area contributed by atoms with E-state index < -0.39 is 9.04 Å².